The molecule has 0 saturated carbocycles. The van der Waals surface area contributed by atoms with Crippen LogP contribution in [0, 0.1) is 5.82 Å². The summed E-state index contributed by atoms with van der Waals surface area (Å²) < 4.78 is 13.2. The Morgan fingerprint density at radius 2 is 2.27 bits per heavy atom. The quantitative estimate of drug-likeness (QED) is 0.819. The molecule has 0 atom stereocenters. The van der Waals surface area contributed by atoms with Gasteiger partial charge in [-0.25, -0.2) is 9.18 Å². The molecule has 0 aliphatic rings. The van der Waals surface area contributed by atoms with Crippen molar-refractivity contribution in [2.75, 3.05) is 13.6 Å². The minimum Gasteiger partial charge on any atom is -0.341 e. The zero-order chi connectivity index (χ0) is 11.3. The van der Waals surface area contributed by atoms with Crippen molar-refractivity contribution in [3.8, 4) is 0 Å². The standard InChI is InChI=1S/C10H12ClFN2O/c1-13-10(15)14-5-4-7-6-8(11)2-3-9(7)12/h2-3,6H,4-5H2,1H3,(H2,13,14,15). The minimum absolute atomic E-state index is 0.280. The predicted molar refractivity (Wildman–Crippen MR) is 57.6 cm³/mol. The highest BCUT2D eigenvalue weighted by molar-refractivity contribution is 6.30. The van der Waals surface area contributed by atoms with E-state index in [2.05, 4.69) is 10.6 Å². The SMILES string of the molecule is CNC(=O)NCCc1cc(Cl)ccc1F. The van der Waals surface area contributed by atoms with Crippen LogP contribution >= 0.6 is 11.6 Å². The normalized spacial score (nSPS) is 9.80. The van der Waals surface area contributed by atoms with E-state index in [4.69, 9.17) is 11.6 Å². The fraction of sp³-hybridized carbons (Fsp3) is 0.300. The van der Waals surface area contributed by atoms with Gasteiger partial charge in [0.15, 0.2) is 0 Å². The van der Waals surface area contributed by atoms with E-state index in [1.54, 1.807) is 6.07 Å². The van der Waals surface area contributed by atoms with Gasteiger partial charge in [0, 0.05) is 18.6 Å². The first-order valence-corrected chi connectivity index (χ1v) is 4.91. The van der Waals surface area contributed by atoms with E-state index in [1.807, 2.05) is 0 Å². The summed E-state index contributed by atoms with van der Waals surface area (Å²) in [6, 6.07) is 4.09. The fourth-order valence-corrected chi connectivity index (χ4v) is 1.33. The molecule has 3 nitrogen and oxygen atoms in total. The van der Waals surface area contributed by atoms with Gasteiger partial charge >= 0.3 is 6.03 Å². The van der Waals surface area contributed by atoms with Gasteiger partial charge in [-0.05, 0) is 30.2 Å². The first-order chi connectivity index (χ1) is 7.13. The van der Waals surface area contributed by atoms with Crippen LogP contribution in [0.25, 0.3) is 0 Å². The summed E-state index contributed by atoms with van der Waals surface area (Å²) in [7, 11) is 1.52. The average Bonchev–Trinajstić information content (AvgIpc) is 2.23. The number of carbonyl (C=O) groups excluding carboxylic acids is 1. The molecule has 0 unspecified atom stereocenters. The van der Waals surface area contributed by atoms with E-state index in [0.29, 0.717) is 23.6 Å². The lowest BCUT2D eigenvalue weighted by molar-refractivity contribution is 0.243. The second-order valence-electron chi connectivity index (χ2n) is 2.99. The number of hydrogen-bond donors (Lipinski definition) is 2. The molecule has 1 aromatic rings. The molecule has 1 rings (SSSR count). The lowest BCUT2D eigenvalue weighted by atomic mass is 10.1. The van der Waals surface area contributed by atoms with Crippen LogP contribution in [0.1, 0.15) is 5.56 Å². The highest BCUT2D eigenvalue weighted by Crippen LogP contribution is 2.14. The zero-order valence-corrected chi connectivity index (χ0v) is 9.07. The molecule has 0 radical (unpaired) electrons. The fourth-order valence-electron chi connectivity index (χ4n) is 1.13. The Labute approximate surface area is 92.6 Å². The molecule has 5 heteroatoms. The summed E-state index contributed by atoms with van der Waals surface area (Å²) in [6.07, 6.45) is 0.416. The first kappa shape index (κ1) is 11.8. The molecular formula is C10H12ClFN2O. The maximum atomic E-state index is 13.2. The van der Waals surface area contributed by atoms with E-state index < -0.39 is 0 Å². The van der Waals surface area contributed by atoms with Crippen LogP contribution in [0.15, 0.2) is 18.2 Å². The highest BCUT2D eigenvalue weighted by atomic mass is 35.5. The molecule has 0 heterocycles. The van der Waals surface area contributed by atoms with Gasteiger partial charge in [-0.3, -0.25) is 0 Å². The molecule has 0 fully saturated rings. The Morgan fingerprint density at radius 3 is 2.93 bits per heavy atom. The van der Waals surface area contributed by atoms with E-state index in [1.165, 1.54) is 19.2 Å². The van der Waals surface area contributed by atoms with Gasteiger partial charge in [-0.1, -0.05) is 11.6 Å². The third kappa shape index (κ3) is 3.75. The number of urea groups is 1. The number of benzene rings is 1. The Morgan fingerprint density at radius 1 is 1.53 bits per heavy atom. The van der Waals surface area contributed by atoms with Gasteiger partial charge in [-0.15, -0.1) is 0 Å². The largest absolute Gasteiger partial charge is 0.341 e. The van der Waals surface area contributed by atoms with Gasteiger partial charge in [0.05, 0.1) is 0 Å². The molecule has 2 amide bonds. The second kappa shape index (κ2) is 5.56. The molecule has 0 bridgehead atoms. The maximum Gasteiger partial charge on any atom is 0.314 e. The van der Waals surface area contributed by atoms with Crippen LogP contribution in [0.3, 0.4) is 0 Å². The summed E-state index contributed by atoms with van der Waals surface area (Å²) in [5.41, 5.74) is 0.499. The summed E-state index contributed by atoms with van der Waals surface area (Å²) in [5, 5.41) is 5.47. The number of nitrogens with one attached hydrogen (secondary N) is 2. The first-order valence-electron chi connectivity index (χ1n) is 4.53. The summed E-state index contributed by atoms with van der Waals surface area (Å²) in [6.45, 7) is 0.372. The molecule has 0 aliphatic carbocycles. The molecule has 0 aliphatic heterocycles. The smallest absolute Gasteiger partial charge is 0.314 e. The number of halogens is 2. The highest BCUT2D eigenvalue weighted by Gasteiger charge is 2.03. The Hall–Kier alpha value is -1.29. The molecule has 82 valence electrons. The van der Waals surface area contributed by atoms with Gasteiger partial charge in [0.25, 0.3) is 0 Å². The zero-order valence-electron chi connectivity index (χ0n) is 8.31. The van der Waals surface area contributed by atoms with Crippen molar-refractivity contribution in [1.29, 1.82) is 0 Å². The third-order valence-corrected chi connectivity index (χ3v) is 2.15. The van der Waals surface area contributed by atoms with E-state index in [0.717, 1.165) is 0 Å². The van der Waals surface area contributed by atoms with Gasteiger partial charge in [0.1, 0.15) is 5.82 Å². The Kier molecular flexibility index (Phi) is 4.37. The summed E-state index contributed by atoms with van der Waals surface area (Å²) in [5.74, 6) is -0.307. The van der Waals surface area contributed by atoms with Crippen LogP contribution in [0.4, 0.5) is 9.18 Å². The Bertz CT molecular complexity index is 357. The van der Waals surface area contributed by atoms with Crippen LogP contribution in [0.5, 0.6) is 0 Å². The summed E-state index contributed by atoms with van der Waals surface area (Å²) in [4.78, 5) is 10.8. The van der Waals surface area contributed by atoms with Crippen molar-refractivity contribution >= 4 is 17.6 Å². The average molecular weight is 231 g/mol. The number of amides is 2. The van der Waals surface area contributed by atoms with Crippen LogP contribution in [-0.2, 0) is 6.42 Å². The molecule has 0 saturated heterocycles. The van der Waals surface area contributed by atoms with Crippen molar-refractivity contribution in [1.82, 2.24) is 10.6 Å². The van der Waals surface area contributed by atoms with Crippen LogP contribution in [-0.4, -0.2) is 19.6 Å². The van der Waals surface area contributed by atoms with Crippen molar-refractivity contribution in [3.05, 3.63) is 34.6 Å². The lowest BCUT2D eigenvalue weighted by Crippen LogP contribution is -2.34. The molecule has 2 N–H and O–H groups in total. The maximum absolute atomic E-state index is 13.2. The van der Waals surface area contributed by atoms with Crippen molar-refractivity contribution in [2.45, 2.75) is 6.42 Å². The minimum atomic E-state index is -0.307. The predicted octanol–water partition coefficient (Wildman–Crippen LogP) is 1.95. The molecule has 15 heavy (non-hydrogen) atoms. The van der Waals surface area contributed by atoms with Crippen LogP contribution < -0.4 is 10.6 Å². The van der Waals surface area contributed by atoms with Gasteiger partial charge < -0.3 is 10.6 Å². The van der Waals surface area contributed by atoms with E-state index in [-0.39, 0.29) is 11.8 Å². The van der Waals surface area contributed by atoms with Crippen LogP contribution in [0.2, 0.25) is 5.02 Å². The second-order valence-corrected chi connectivity index (χ2v) is 3.43. The van der Waals surface area contributed by atoms with Crippen molar-refractivity contribution < 1.29 is 9.18 Å². The van der Waals surface area contributed by atoms with E-state index >= 15 is 0 Å². The molecular weight excluding hydrogens is 219 g/mol. The number of carbonyl (C=O) groups is 1. The number of rotatable bonds is 3. The monoisotopic (exact) mass is 230 g/mol. The molecule has 1 aromatic carbocycles. The summed E-state index contributed by atoms with van der Waals surface area (Å²) >= 11 is 5.72. The van der Waals surface area contributed by atoms with Crippen molar-refractivity contribution in [2.24, 2.45) is 0 Å². The molecule has 0 aromatic heterocycles. The third-order valence-electron chi connectivity index (χ3n) is 1.91. The lowest BCUT2D eigenvalue weighted by Gasteiger charge is -2.05. The van der Waals surface area contributed by atoms with Gasteiger partial charge in [0.2, 0.25) is 0 Å². The number of hydrogen-bond acceptors (Lipinski definition) is 1. The molecule has 0 spiro atoms. The van der Waals surface area contributed by atoms with Crippen molar-refractivity contribution in [3.63, 3.8) is 0 Å². The topological polar surface area (TPSA) is 41.1 Å². The Balaban J connectivity index is 2.50. The van der Waals surface area contributed by atoms with Gasteiger partial charge in [-0.2, -0.15) is 0 Å². The van der Waals surface area contributed by atoms with E-state index in [9.17, 15) is 9.18 Å².